The Morgan fingerprint density at radius 1 is 1.33 bits per heavy atom. The molecule has 6 heteroatoms. The lowest BCUT2D eigenvalue weighted by Gasteiger charge is -2.25. The van der Waals surface area contributed by atoms with E-state index in [9.17, 15) is 5.26 Å². The number of hydrogen-bond donors (Lipinski definition) is 2. The first kappa shape index (κ1) is 13.2. The molecule has 21 heavy (non-hydrogen) atoms. The van der Waals surface area contributed by atoms with Gasteiger partial charge in [0.25, 0.3) is 0 Å². The second kappa shape index (κ2) is 4.94. The molecular formula is C15H16N6. The van der Waals surface area contributed by atoms with Gasteiger partial charge in [-0.25, -0.2) is 4.68 Å². The molecule has 0 fully saturated rings. The molecule has 1 aliphatic heterocycles. The molecule has 106 valence electrons. The van der Waals surface area contributed by atoms with Gasteiger partial charge >= 0.3 is 0 Å². The van der Waals surface area contributed by atoms with E-state index in [1.165, 1.54) is 11.9 Å². The van der Waals surface area contributed by atoms with E-state index in [1.807, 2.05) is 12.1 Å². The molecule has 2 aromatic rings. The lowest BCUT2D eigenvalue weighted by molar-refractivity contribution is 0.585. The van der Waals surface area contributed by atoms with Crippen molar-refractivity contribution in [3.8, 4) is 6.07 Å². The number of fused-ring (bicyclic) bond motifs is 1. The van der Waals surface area contributed by atoms with E-state index in [-0.39, 0.29) is 6.04 Å². The van der Waals surface area contributed by atoms with Gasteiger partial charge in [-0.3, -0.25) is 0 Å². The molecule has 0 amide bonds. The summed E-state index contributed by atoms with van der Waals surface area (Å²) in [5.41, 5.74) is 8.60. The molecule has 1 aromatic carbocycles. The third-order valence-corrected chi connectivity index (χ3v) is 3.67. The molecule has 2 heterocycles. The molecule has 0 unspecified atom stereocenters. The normalized spacial score (nSPS) is 17.3. The summed E-state index contributed by atoms with van der Waals surface area (Å²) in [6.07, 6.45) is 1.45. The second-order valence-corrected chi connectivity index (χ2v) is 5.32. The average Bonchev–Trinajstić information content (AvgIpc) is 2.93. The van der Waals surface area contributed by atoms with Gasteiger partial charge in [0.2, 0.25) is 5.95 Å². The van der Waals surface area contributed by atoms with E-state index in [0.717, 1.165) is 5.56 Å². The van der Waals surface area contributed by atoms with E-state index in [1.54, 1.807) is 4.68 Å². The van der Waals surface area contributed by atoms with Crippen molar-refractivity contribution >= 4 is 5.95 Å². The lowest BCUT2D eigenvalue weighted by atomic mass is 9.95. The van der Waals surface area contributed by atoms with E-state index in [2.05, 4.69) is 47.4 Å². The van der Waals surface area contributed by atoms with Crippen LogP contribution in [0.15, 0.2) is 42.0 Å². The topological polar surface area (TPSA) is 92.6 Å². The summed E-state index contributed by atoms with van der Waals surface area (Å²) >= 11 is 0. The first-order valence-electron chi connectivity index (χ1n) is 6.78. The summed E-state index contributed by atoms with van der Waals surface area (Å²) in [7, 11) is 0. The zero-order valence-electron chi connectivity index (χ0n) is 11.9. The van der Waals surface area contributed by atoms with E-state index in [0.29, 0.717) is 23.3 Å². The van der Waals surface area contributed by atoms with Gasteiger partial charge in [0.1, 0.15) is 24.3 Å². The van der Waals surface area contributed by atoms with Crippen LogP contribution in [0.2, 0.25) is 0 Å². The number of allylic oxidation sites excluding steroid dienone is 1. The van der Waals surface area contributed by atoms with E-state index < -0.39 is 0 Å². The van der Waals surface area contributed by atoms with Crippen molar-refractivity contribution in [1.29, 1.82) is 5.26 Å². The van der Waals surface area contributed by atoms with Crippen LogP contribution in [-0.4, -0.2) is 14.8 Å². The van der Waals surface area contributed by atoms with Crippen LogP contribution < -0.4 is 11.1 Å². The summed E-state index contributed by atoms with van der Waals surface area (Å²) in [5.74, 6) is 1.34. The van der Waals surface area contributed by atoms with Crippen LogP contribution in [0.1, 0.15) is 36.9 Å². The monoisotopic (exact) mass is 280 g/mol. The third kappa shape index (κ3) is 2.13. The Labute approximate surface area is 122 Å². The molecule has 0 aliphatic carbocycles. The minimum absolute atomic E-state index is 0.330. The van der Waals surface area contributed by atoms with Crippen LogP contribution in [0, 0.1) is 11.3 Å². The molecule has 0 bridgehead atoms. The number of aromatic nitrogens is 3. The van der Waals surface area contributed by atoms with Gasteiger partial charge < -0.3 is 11.1 Å². The van der Waals surface area contributed by atoms with Crippen molar-refractivity contribution in [3.63, 3.8) is 0 Å². The van der Waals surface area contributed by atoms with Crippen LogP contribution >= 0.6 is 0 Å². The van der Waals surface area contributed by atoms with Gasteiger partial charge in [0.15, 0.2) is 0 Å². The number of nitrogens with zero attached hydrogens (tertiary/aromatic N) is 4. The SMILES string of the molecule is CC(C)c1ccc([C@@H]2C(C#N)=C(N)Nc3ncnn32)cc1. The zero-order chi connectivity index (χ0) is 15.0. The van der Waals surface area contributed by atoms with Gasteiger partial charge in [-0.15, -0.1) is 0 Å². The van der Waals surface area contributed by atoms with Crippen molar-refractivity contribution < 1.29 is 0 Å². The van der Waals surface area contributed by atoms with Crippen LogP contribution in [-0.2, 0) is 0 Å². The fraction of sp³-hybridized carbons (Fsp3) is 0.267. The van der Waals surface area contributed by atoms with Gasteiger partial charge in [0.05, 0.1) is 5.57 Å². The number of nitrogens with two attached hydrogens (primary N) is 1. The minimum Gasteiger partial charge on any atom is -0.384 e. The molecule has 0 saturated carbocycles. The van der Waals surface area contributed by atoms with Crippen molar-refractivity contribution in [2.75, 3.05) is 5.32 Å². The lowest BCUT2D eigenvalue weighted by Crippen LogP contribution is -2.28. The Morgan fingerprint density at radius 3 is 2.67 bits per heavy atom. The molecule has 1 aliphatic rings. The number of nitriles is 1. The third-order valence-electron chi connectivity index (χ3n) is 3.67. The highest BCUT2D eigenvalue weighted by molar-refractivity contribution is 5.51. The summed E-state index contributed by atoms with van der Waals surface area (Å²) in [6, 6.07) is 10.0. The standard InChI is InChI=1S/C15H16N6/c1-9(2)10-3-5-11(6-4-10)13-12(7-16)14(17)20-15-18-8-19-21(13)15/h3-6,8-9,13H,17H2,1-2H3,(H,18,19,20)/t13-/m1/s1. The molecule has 3 N–H and O–H groups in total. The highest BCUT2D eigenvalue weighted by Crippen LogP contribution is 2.33. The molecule has 1 aromatic heterocycles. The Kier molecular flexibility index (Phi) is 3.10. The van der Waals surface area contributed by atoms with Gasteiger partial charge in [0, 0.05) is 0 Å². The number of nitrogens with one attached hydrogen (secondary N) is 1. The number of benzene rings is 1. The fourth-order valence-electron chi connectivity index (χ4n) is 2.48. The Balaban J connectivity index is 2.10. The molecule has 0 spiro atoms. The fourth-order valence-corrected chi connectivity index (χ4v) is 2.48. The summed E-state index contributed by atoms with van der Waals surface area (Å²) in [4.78, 5) is 4.11. The van der Waals surface area contributed by atoms with Gasteiger partial charge in [-0.2, -0.15) is 15.3 Å². The summed E-state index contributed by atoms with van der Waals surface area (Å²) < 4.78 is 1.68. The maximum Gasteiger partial charge on any atom is 0.227 e. The Morgan fingerprint density at radius 2 is 2.05 bits per heavy atom. The average molecular weight is 280 g/mol. The van der Waals surface area contributed by atoms with E-state index in [4.69, 9.17) is 5.73 Å². The predicted molar refractivity (Wildman–Crippen MR) is 79.1 cm³/mol. The first-order valence-corrected chi connectivity index (χ1v) is 6.78. The number of rotatable bonds is 2. The van der Waals surface area contributed by atoms with Crippen molar-refractivity contribution in [2.45, 2.75) is 25.8 Å². The maximum atomic E-state index is 9.41. The maximum absolute atomic E-state index is 9.41. The molecule has 3 rings (SSSR count). The molecule has 0 radical (unpaired) electrons. The van der Waals surface area contributed by atoms with E-state index >= 15 is 0 Å². The highest BCUT2D eigenvalue weighted by atomic mass is 15.4. The molecule has 0 saturated heterocycles. The van der Waals surface area contributed by atoms with Crippen LogP contribution in [0.25, 0.3) is 0 Å². The zero-order valence-corrected chi connectivity index (χ0v) is 11.9. The van der Waals surface area contributed by atoms with Crippen LogP contribution in [0.4, 0.5) is 5.95 Å². The molecule has 6 nitrogen and oxygen atoms in total. The predicted octanol–water partition coefficient (Wildman–Crippen LogP) is 2.11. The largest absolute Gasteiger partial charge is 0.384 e. The molecule has 1 atom stereocenters. The smallest absolute Gasteiger partial charge is 0.227 e. The van der Waals surface area contributed by atoms with Crippen molar-refractivity contribution in [2.24, 2.45) is 5.73 Å². The minimum atomic E-state index is -0.338. The van der Waals surface area contributed by atoms with Crippen LogP contribution in [0.5, 0.6) is 0 Å². The molecular weight excluding hydrogens is 264 g/mol. The highest BCUT2D eigenvalue weighted by Gasteiger charge is 2.29. The van der Waals surface area contributed by atoms with Gasteiger partial charge in [-0.05, 0) is 17.0 Å². The first-order chi connectivity index (χ1) is 10.1. The number of anilines is 1. The Hall–Kier alpha value is -2.81. The summed E-state index contributed by atoms with van der Waals surface area (Å²) in [6.45, 7) is 4.29. The van der Waals surface area contributed by atoms with Gasteiger partial charge in [-0.1, -0.05) is 38.1 Å². The number of hydrogen-bond acceptors (Lipinski definition) is 5. The second-order valence-electron chi connectivity index (χ2n) is 5.32. The Bertz CT molecular complexity index is 732. The van der Waals surface area contributed by atoms with Crippen LogP contribution in [0.3, 0.4) is 0 Å². The quantitative estimate of drug-likeness (QED) is 0.879. The van der Waals surface area contributed by atoms with Crippen molar-refractivity contribution in [3.05, 3.63) is 53.1 Å². The van der Waals surface area contributed by atoms with Crippen molar-refractivity contribution in [1.82, 2.24) is 14.8 Å². The summed E-state index contributed by atoms with van der Waals surface area (Å²) in [5, 5.41) is 16.5.